The first-order valence-electron chi connectivity index (χ1n) is 9.17. The van der Waals surface area contributed by atoms with Crippen molar-refractivity contribution in [2.24, 2.45) is 0 Å². The second kappa shape index (κ2) is 7.24. The lowest BCUT2D eigenvalue weighted by molar-refractivity contribution is 1.19. The Kier molecular flexibility index (Phi) is 4.45. The second-order valence-electron chi connectivity index (χ2n) is 6.74. The van der Waals surface area contributed by atoms with Crippen molar-refractivity contribution in [3.05, 3.63) is 107 Å². The summed E-state index contributed by atoms with van der Waals surface area (Å²) in [6.07, 6.45) is 4.29. The molecular formula is C25H17IN2. The number of pyridine rings is 1. The van der Waals surface area contributed by atoms with Crippen LogP contribution in [0.15, 0.2) is 103 Å². The van der Waals surface area contributed by atoms with Gasteiger partial charge in [-0.2, -0.15) is 0 Å². The summed E-state index contributed by atoms with van der Waals surface area (Å²) in [6, 6.07) is 31.7. The van der Waals surface area contributed by atoms with Gasteiger partial charge in [0.15, 0.2) is 0 Å². The minimum atomic E-state index is 0.973. The summed E-state index contributed by atoms with van der Waals surface area (Å²) in [5, 5.41) is 0. The van der Waals surface area contributed by atoms with Gasteiger partial charge in [-0.3, -0.25) is 0 Å². The molecule has 0 aliphatic heterocycles. The molecule has 0 bridgehead atoms. The summed E-state index contributed by atoms with van der Waals surface area (Å²) in [7, 11) is 0. The zero-order valence-corrected chi connectivity index (χ0v) is 17.2. The Bertz CT molecular complexity index is 1260. The molecule has 0 saturated carbocycles. The van der Waals surface area contributed by atoms with Gasteiger partial charge in [-0.05, 0) is 57.5 Å². The van der Waals surface area contributed by atoms with Gasteiger partial charge in [0.1, 0.15) is 5.65 Å². The molecule has 0 N–H and O–H groups in total. The summed E-state index contributed by atoms with van der Waals surface area (Å²) in [4.78, 5) is 4.98. The number of hydrogen-bond donors (Lipinski definition) is 0. The third-order valence-corrected chi connectivity index (χ3v) is 5.53. The van der Waals surface area contributed by atoms with E-state index in [-0.39, 0.29) is 0 Å². The van der Waals surface area contributed by atoms with E-state index in [0.29, 0.717) is 0 Å². The number of hydrogen-bond acceptors (Lipinski definition) is 1. The maximum Gasteiger partial charge on any atom is 0.145 e. The second-order valence-corrected chi connectivity index (χ2v) is 7.99. The summed E-state index contributed by atoms with van der Waals surface area (Å²) < 4.78 is 3.37. The molecule has 0 aliphatic rings. The fourth-order valence-corrected chi connectivity index (χ4v) is 4.05. The Labute approximate surface area is 177 Å². The summed E-state index contributed by atoms with van der Waals surface area (Å²) in [5.74, 6) is 0. The molecule has 3 aromatic carbocycles. The highest BCUT2D eigenvalue weighted by Gasteiger charge is 2.13. The van der Waals surface area contributed by atoms with Gasteiger partial charge >= 0.3 is 0 Å². The highest BCUT2D eigenvalue weighted by Crippen LogP contribution is 2.32. The third kappa shape index (κ3) is 3.22. The van der Waals surface area contributed by atoms with Crippen LogP contribution < -0.4 is 0 Å². The molecule has 0 amide bonds. The molecule has 0 saturated heterocycles. The number of benzene rings is 3. The van der Waals surface area contributed by atoms with Gasteiger partial charge in [0.25, 0.3) is 0 Å². The van der Waals surface area contributed by atoms with Crippen LogP contribution in [0.4, 0.5) is 0 Å². The molecule has 0 spiro atoms. The molecular weight excluding hydrogens is 455 g/mol. The maximum absolute atomic E-state index is 4.98. The minimum absolute atomic E-state index is 0.973. The molecule has 0 unspecified atom stereocenters. The van der Waals surface area contributed by atoms with Crippen LogP contribution in [-0.2, 0) is 0 Å². The molecule has 0 atom stereocenters. The Balaban J connectivity index is 1.78. The average Bonchev–Trinajstić information content (AvgIpc) is 3.18. The largest absolute Gasteiger partial charge is 0.305 e. The van der Waals surface area contributed by atoms with Gasteiger partial charge in [0.2, 0.25) is 0 Å². The number of halogens is 1. The van der Waals surface area contributed by atoms with E-state index in [1.165, 1.54) is 20.3 Å². The number of fused-ring (bicyclic) bond motifs is 1. The van der Waals surface area contributed by atoms with Crippen LogP contribution in [0.2, 0.25) is 0 Å². The number of imidazole rings is 1. The predicted octanol–water partition coefficient (Wildman–Crippen LogP) is 6.94. The van der Waals surface area contributed by atoms with E-state index in [1.54, 1.807) is 0 Å². The van der Waals surface area contributed by atoms with E-state index >= 15 is 0 Å². The quantitative estimate of drug-likeness (QED) is 0.260. The van der Waals surface area contributed by atoms with Crippen molar-refractivity contribution in [3.8, 4) is 33.5 Å². The zero-order chi connectivity index (χ0) is 18.9. The van der Waals surface area contributed by atoms with Crippen LogP contribution in [0.3, 0.4) is 0 Å². The van der Waals surface area contributed by atoms with E-state index in [2.05, 4.69) is 118 Å². The first-order valence-corrected chi connectivity index (χ1v) is 10.3. The van der Waals surface area contributed by atoms with Gasteiger partial charge in [-0.25, -0.2) is 4.98 Å². The predicted molar refractivity (Wildman–Crippen MR) is 124 cm³/mol. The van der Waals surface area contributed by atoms with Crippen LogP contribution in [0.5, 0.6) is 0 Å². The maximum atomic E-state index is 4.98. The molecule has 2 nitrogen and oxygen atoms in total. The SMILES string of the molecule is Ic1cccc(-c2cc(-c3ccccc3)cn3cc(-c4ccccc4)nc23)c1. The molecule has 28 heavy (non-hydrogen) atoms. The van der Waals surface area contributed by atoms with Gasteiger partial charge in [0, 0.05) is 27.1 Å². The molecule has 2 aromatic heterocycles. The van der Waals surface area contributed by atoms with Crippen molar-refractivity contribution in [1.29, 1.82) is 0 Å². The highest BCUT2D eigenvalue weighted by atomic mass is 127. The van der Waals surface area contributed by atoms with E-state index < -0.39 is 0 Å². The van der Waals surface area contributed by atoms with Gasteiger partial charge in [0.05, 0.1) is 5.69 Å². The number of aromatic nitrogens is 2. The third-order valence-electron chi connectivity index (χ3n) is 4.86. The Morgan fingerprint density at radius 3 is 2.00 bits per heavy atom. The van der Waals surface area contributed by atoms with Gasteiger partial charge < -0.3 is 4.40 Å². The van der Waals surface area contributed by atoms with Crippen molar-refractivity contribution < 1.29 is 0 Å². The van der Waals surface area contributed by atoms with Crippen LogP contribution in [0, 0.1) is 3.57 Å². The van der Waals surface area contributed by atoms with E-state index in [0.717, 1.165) is 22.5 Å². The molecule has 2 heterocycles. The van der Waals surface area contributed by atoms with Crippen molar-refractivity contribution in [1.82, 2.24) is 9.38 Å². The first-order chi connectivity index (χ1) is 13.8. The minimum Gasteiger partial charge on any atom is -0.305 e. The number of nitrogens with zero attached hydrogens (tertiary/aromatic N) is 2. The molecule has 3 heteroatoms. The Morgan fingerprint density at radius 1 is 0.607 bits per heavy atom. The monoisotopic (exact) mass is 472 g/mol. The Morgan fingerprint density at radius 2 is 1.29 bits per heavy atom. The van der Waals surface area contributed by atoms with Crippen LogP contribution in [-0.4, -0.2) is 9.38 Å². The van der Waals surface area contributed by atoms with Crippen molar-refractivity contribution >= 4 is 28.2 Å². The summed E-state index contributed by atoms with van der Waals surface area (Å²) >= 11 is 2.36. The lowest BCUT2D eigenvalue weighted by Gasteiger charge is -2.09. The van der Waals surface area contributed by atoms with Crippen molar-refractivity contribution in [2.75, 3.05) is 0 Å². The topological polar surface area (TPSA) is 17.3 Å². The molecule has 0 radical (unpaired) electrons. The highest BCUT2D eigenvalue weighted by molar-refractivity contribution is 14.1. The lowest BCUT2D eigenvalue weighted by atomic mass is 10.0. The summed E-state index contributed by atoms with van der Waals surface area (Å²) in [5.41, 5.74) is 7.78. The van der Waals surface area contributed by atoms with Gasteiger partial charge in [-0.1, -0.05) is 72.8 Å². The molecule has 5 rings (SSSR count). The normalized spacial score (nSPS) is 11.0. The van der Waals surface area contributed by atoms with Crippen LogP contribution in [0.1, 0.15) is 0 Å². The van der Waals surface area contributed by atoms with Crippen molar-refractivity contribution in [3.63, 3.8) is 0 Å². The fraction of sp³-hybridized carbons (Fsp3) is 0. The standard InChI is InChI=1S/C25H17IN2/c26-22-13-7-12-20(14-22)23-15-21(18-8-3-1-4-9-18)16-28-17-24(27-25(23)28)19-10-5-2-6-11-19/h1-17H. The number of rotatable bonds is 3. The molecule has 134 valence electrons. The zero-order valence-electron chi connectivity index (χ0n) is 15.1. The van der Waals surface area contributed by atoms with E-state index in [4.69, 9.17) is 4.98 Å². The smallest absolute Gasteiger partial charge is 0.145 e. The first kappa shape index (κ1) is 17.2. The van der Waals surface area contributed by atoms with E-state index in [9.17, 15) is 0 Å². The average molecular weight is 472 g/mol. The van der Waals surface area contributed by atoms with Crippen LogP contribution in [0.25, 0.3) is 39.2 Å². The Hall–Kier alpha value is -2.92. The summed E-state index contributed by atoms with van der Waals surface area (Å²) in [6.45, 7) is 0. The van der Waals surface area contributed by atoms with Gasteiger partial charge in [-0.15, -0.1) is 0 Å². The van der Waals surface area contributed by atoms with E-state index in [1.807, 2.05) is 12.1 Å². The van der Waals surface area contributed by atoms with Crippen molar-refractivity contribution in [2.45, 2.75) is 0 Å². The lowest BCUT2D eigenvalue weighted by Crippen LogP contribution is -1.91. The molecule has 0 aliphatic carbocycles. The molecule has 0 fully saturated rings. The van der Waals surface area contributed by atoms with Crippen LogP contribution >= 0.6 is 22.6 Å². The molecule has 5 aromatic rings. The fourth-order valence-electron chi connectivity index (χ4n) is 3.50.